The van der Waals surface area contributed by atoms with Crippen molar-refractivity contribution >= 4 is 10.8 Å². The summed E-state index contributed by atoms with van der Waals surface area (Å²) in [4.78, 5) is 4.31. The van der Waals surface area contributed by atoms with Gasteiger partial charge in [0.15, 0.2) is 0 Å². The predicted molar refractivity (Wildman–Crippen MR) is 91.5 cm³/mol. The molecule has 0 fully saturated rings. The molecule has 21 heavy (non-hydrogen) atoms. The van der Waals surface area contributed by atoms with Crippen molar-refractivity contribution in [1.29, 1.82) is 0 Å². The lowest BCUT2D eigenvalue weighted by Gasteiger charge is -2.20. The third-order valence-electron chi connectivity index (χ3n) is 4.14. The number of nitrogens with zero attached hydrogens (tertiary/aromatic N) is 1. The molecule has 1 N–H and O–H groups in total. The third kappa shape index (κ3) is 4.53. The Kier molecular flexibility index (Phi) is 6.68. The molecule has 0 radical (unpaired) electrons. The molecule has 1 unspecified atom stereocenters. The van der Waals surface area contributed by atoms with Gasteiger partial charge in [-0.3, -0.25) is 4.98 Å². The quantitative estimate of drug-likeness (QED) is 0.636. The molecule has 2 heteroatoms. The van der Waals surface area contributed by atoms with Gasteiger partial charge in [0, 0.05) is 23.8 Å². The first-order valence-electron chi connectivity index (χ1n) is 8.42. The predicted octanol–water partition coefficient (Wildman–Crippen LogP) is 5.25. The summed E-state index contributed by atoms with van der Waals surface area (Å²) in [5, 5.41) is 6.23. The number of rotatable bonds is 9. The van der Waals surface area contributed by atoms with E-state index in [1.165, 1.54) is 54.9 Å². The standard InChI is InChI=1S/C19H28N2/c1-3-5-6-7-8-12-19(21-4-2)17-11-9-10-16-13-14-20-15-18(16)17/h9-11,13-15,19,21H,3-8,12H2,1-2H3. The van der Waals surface area contributed by atoms with Crippen molar-refractivity contribution < 1.29 is 0 Å². The molecule has 1 aromatic carbocycles. The van der Waals surface area contributed by atoms with Gasteiger partial charge in [0.1, 0.15) is 0 Å². The molecule has 114 valence electrons. The van der Waals surface area contributed by atoms with Crippen molar-refractivity contribution in [3.8, 4) is 0 Å². The van der Waals surface area contributed by atoms with Crippen molar-refractivity contribution in [3.05, 3.63) is 42.2 Å². The van der Waals surface area contributed by atoms with Crippen LogP contribution in [0.25, 0.3) is 10.8 Å². The number of aromatic nitrogens is 1. The number of hydrogen-bond acceptors (Lipinski definition) is 2. The van der Waals surface area contributed by atoms with E-state index in [4.69, 9.17) is 0 Å². The van der Waals surface area contributed by atoms with Crippen LogP contribution in [-0.2, 0) is 0 Å². The van der Waals surface area contributed by atoms with Gasteiger partial charge in [-0.05, 0) is 30.0 Å². The molecule has 0 aliphatic carbocycles. The molecule has 2 nitrogen and oxygen atoms in total. The molecule has 0 saturated heterocycles. The van der Waals surface area contributed by atoms with Crippen LogP contribution in [0, 0.1) is 0 Å². The first kappa shape index (κ1) is 16.0. The number of fused-ring (bicyclic) bond motifs is 1. The van der Waals surface area contributed by atoms with Crippen LogP contribution in [0.3, 0.4) is 0 Å². The zero-order valence-electron chi connectivity index (χ0n) is 13.4. The normalized spacial score (nSPS) is 12.7. The third-order valence-corrected chi connectivity index (χ3v) is 4.14. The highest BCUT2D eigenvalue weighted by Crippen LogP contribution is 2.27. The molecule has 0 aliphatic heterocycles. The molecular weight excluding hydrogens is 256 g/mol. The lowest BCUT2D eigenvalue weighted by atomic mass is 9.95. The van der Waals surface area contributed by atoms with Crippen LogP contribution >= 0.6 is 0 Å². The number of benzene rings is 1. The van der Waals surface area contributed by atoms with Gasteiger partial charge in [0.25, 0.3) is 0 Å². The molecule has 0 amide bonds. The van der Waals surface area contributed by atoms with Gasteiger partial charge in [-0.15, -0.1) is 0 Å². The van der Waals surface area contributed by atoms with Crippen LogP contribution in [0.5, 0.6) is 0 Å². The molecule has 1 aromatic heterocycles. The average Bonchev–Trinajstić information content (AvgIpc) is 2.53. The van der Waals surface area contributed by atoms with Crippen molar-refractivity contribution in [1.82, 2.24) is 10.3 Å². The zero-order chi connectivity index (χ0) is 14.9. The van der Waals surface area contributed by atoms with Crippen LogP contribution in [0.2, 0.25) is 0 Å². The van der Waals surface area contributed by atoms with E-state index >= 15 is 0 Å². The summed E-state index contributed by atoms with van der Waals surface area (Å²) in [5.74, 6) is 0. The first-order valence-corrected chi connectivity index (χ1v) is 8.42. The highest BCUT2D eigenvalue weighted by molar-refractivity contribution is 5.85. The van der Waals surface area contributed by atoms with E-state index in [0.29, 0.717) is 6.04 Å². The Hall–Kier alpha value is -1.41. The molecule has 0 aliphatic rings. The van der Waals surface area contributed by atoms with Gasteiger partial charge in [-0.2, -0.15) is 0 Å². The molecule has 2 aromatic rings. The Bertz CT molecular complexity index is 531. The van der Waals surface area contributed by atoms with Gasteiger partial charge in [-0.25, -0.2) is 0 Å². The van der Waals surface area contributed by atoms with Crippen LogP contribution in [0.15, 0.2) is 36.7 Å². The minimum Gasteiger partial charge on any atom is -0.310 e. The average molecular weight is 284 g/mol. The second kappa shape index (κ2) is 8.78. The highest BCUT2D eigenvalue weighted by atomic mass is 14.9. The SMILES string of the molecule is CCCCCCCC(NCC)c1cccc2ccncc12. The second-order valence-electron chi connectivity index (χ2n) is 5.76. The van der Waals surface area contributed by atoms with E-state index < -0.39 is 0 Å². The largest absolute Gasteiger partial charge is 0.310 e. The molecular formula is C19H28N2. The second-order valence-corrected chi connectivity index (χ2v) is 5.76. The fourth-order valence-electron chi connectivity index (χ4n) is 3.01. The maximum Gasteiger partial charge on any atom is 0.0349 e. The van der Waals surface area contributed by atoms with Gasteiger partial charge in [0.2, 0.25) is 0 Å². The Labute approximate surface area is 129 Å². The Morgan fingerprint density at radius 1 is 1.05 bits per heavy atom. The summed E-state index contributed by atoms with van der Waals surface area (Å²) in [6, 6.07) is 9.14. The maximum atomic E-state index is 4.31. The first-order chi connectivity index (χ1) is 10.4. The Balaban J connectivity index is 2.08. The van der Waals surface area contributed by atoms with E-state index in [0.717, 1.165) is 6.54 Å². The molecule has 0 saturated carbocycles. The molecule has 1 heterocycles. The minimum absolute atomic E-state index is 0.449. The van der Waals surface area contributed by atoms with E-state index in [9.17, 15) is 0 Å². The molecule has 1 atom stereocenters. The topological polar surface area (TPSA) is 24.9 Å². The fraction of sp³-hybridized carbons (Fsp3) is 0.526. The van der Waals surface area contributed by atoms with Gasteiger partial charge >= 0.3 is 0 Å². The molecule has 0 spiro atoms. The number of nitrogens with one attached hydrogen (secondary N) is 1. The van der Waals surface area contributed by atoms with E-state index in [1.54, 1.807) is 0 Å². The molecule has 0 bridgehead atoms. The summed E-state index contributed by atoms with van der Waals surface area (Å²) in [6.45, 7) is 5.47. The van der Waals surface area contributed by atoms with E-state index in [1.807, 2.05) is 12.4 Å². The zero-order valence-corrected chi connectivity index (χ0v) is 13.4. The minimum atomic E-state index is 0.449. The number of pyridine rings is 1. The highest BCUT2D eigenvalue weighted by Gasteiger charge is 2.12. The Morgan fingerprint density at radius 2 is 1.90 bits per heavy atom. The van der Waals surface area contributed by atoms with Crippen LogP contribution in [0.1, 0.15) is 64.0 Å². The van der Waals surface area contributed by atoms with Crippen molar-refractivity contribution in [2.45, 2.75) is 58.4 Å². The van der Waals surface area contributed by atoms with Gasteiger partial charge in [0.05, 0.1) is 0 Å². The summed E-state index contributed by atoms with van der Waals surface area (Å²) in [5.41, 5.74) is 1.40. The maximum absolute atomic E-state index is 4.31. The van der Waals surface area contributed by atoms with Crippen molar-refractivity contribution in [3.63, 3.8) is 0 Å². The summed E-state index contributed by atoms with van der Waals surface area (Å²) in [6.07, 6.45) is 11.8. The van der Waals surface area contributed by atoms with Gasteiger partial charge in [-0.1, -0.05) is 64.2 Å². The summed E-state index contributed by atoms with van der Waals surface area (Å²) in [7, 11) is 0. The van der Waals surface area contributed by atoms with Crippen LogP contribution < -0.4 is 5.32 Å². The lowest BCUT2D eigenvalue weighted by molar-refractivity contribution is 0.481. The lowest BCUT2D eigenvalue weighted by Crippen LogP contribution is -2.21. The smallest absolute Gasteiger partial charge is 0.0349 e. The number of unbranched alkanes of at least 4 members (excludes halogenated alkanes) is 4. The summed E-state index contributed by atoms with van der Waals surface area (Å²) < 4.78 is 0. The van der Waals surface area contributed by atoms with Crippen molar-refractivity contribution in [2.24, 2.45) is 0 Å². The fourth-order valence-corrected chi connectivity index (χ4v) is 3.01. The number of hydrogen-bond donors (Lipinski definition) is 1. The van der Waals surface area contributed by atoms with Crippen LogP contribution in [0.4, 0.5) is 0 Å². The van der Waals surface area contributed by atoms with E-state index in [2.05, 4.69) is 48.4 Å². The van der Waals surface area contributed by atoms with E-state index in [-0.39, 0.29) is 0 Å². The monoisotopic (exact) mass is 284 g/mol. The van der Waals surface area contributed by atoms with Crippen molar-refractivity contribution in [2.75, 3.05) is 6.54 Å². The van der Waals surface area contributed by atoms with Gasteiger partial charge < -0.3 is 5.32 Å². The Morgan fingerprint density at radius 3 is 2.71 bits per heavy atom. The summed E-state index contributed by atoms with van der Waals surface area (Å²) >= 11 is 0. The molecule has 2 rings (SSSR count). The van der Waals surface area contributed by atoms with Crippen LogP contribution in [-0.4, -0.2) is 11.5 Å².